The van der Waals surface area contributed by atoms with Gasteiger partial charge < -0.3 is 20.6 Å². The molecule has 0 aliphatic carbocycles. The van der Waals surface area contributed by atoms with Crippen LogP contribution in [0.4, 0.5) is 10.1 Å². The van der Waals surface area contributed by atoms with Crippen LogP contribution < -0.4 is 15.5 Å². The molecule has 1 fully saturated rings. The van der Waals surface area contributed by atoms with Gasteiger partial charge >= 0.3 is 0 Å². The van der Waals surface area contributed by atoms with E-state index in [4.69, 9.17) is 0 Å². The number of phenolic OH excluding ortho intramolecular Hbond substituents is 1. The maximum Gasteiger partial charge on any atom is 0.270 e. The lowest BCUT2D eigenvalue weighted by molar-refractivity contribution is 0.0960. The van der Waals surface area contributed by atoms with Crippen LogP contribution in [0.5, 0.6) is 5.75 Å². The van der Waals surface area contributed by atoms with Gasteiger partial charge in [-0.3, -0.25) is 9.48 Å². The van der Waals surface area contributed by atoms with Crippen molar-refractivity contribution in [2.75, 3.05) is 25.0 Å². The van der Waals surface area contributed by atoms with Crippen molar-refractivity contribution < 1.29 is 14.3 Å². The third-order valence-electron chi connectivity index (χ3n) is 6.11. The monoisotopic (exact) mass is 463 g/mol. The highest BCUT2D eigenvalue weighted by molar-refractivity contribution is 6.05. The van der Waals surface area contributed by atoms with Crippen molar-refractivity contribution in [1.29, 1.82) is 0 Å². The number of piperazine rings is 1. The molecule has 1 saturated heterocycles. The number of rotatable bonds is 3. The van der Waals surface area contributed by atoms with E-state index in [1.807, 2.05) is 18.2 Å². The molecule has 3 N–H and O–H groups in total. The van der Waals surface area contributed by atoms with Gasteiger partial charge in [0, 0.05) is 61.9 Å². The quantitative estimate of drug-likeness (QED) is 0.429. The Labute approximate surface area is 195 Å². The van der Waals surface area contributed by atoms with E-state index in [9.17, 15) is 14.3 Å². The number of carbonyl (C=O) groups is 1. The molecule has 0 spiro atoms. The van der Waals surface area contributed by atoms with Crippen LogP contribution in [0.25, 0.3) is 33.2 Å². The second-order valence-electron chi connectivity index (χ2n) is 8.88. The Morgan fingerprint density at radius 3 is 2.65 bits per heavy atom. The minimum Gasteiger partial charge on any atom is -0.504 e. The first-order chi connectivity index (χ1) is 16.2. The molecule has 34 heavy (non-hydrogen) atoms. The maximum absolute atomic E-state index is 14.8. The number of phenols is 1. The molecule has 1 amide bonds. The summed E-state index contributed by atoms with van der Waals surface area (Å²) in [5.41, 5.74) is 1.81. The Bertz CT molecular complexity index is 1420. The van der Waals surface area contributed by atoms with E-state index in [0.29, 0.717) is 28.4 Å². The van der Waals surface area contributed by atoms with Gasteiger partial charge in [0.05, 0.1) is 11.1 Å². The highest BCUT2D eigenvalue weighted by atomic mass is 19.1. The molecular weight excluding hydrogens is 437 g/mol. The summed E-state index contributed by atoms with van der Waals surface area (Å²) in [5.74, 6) is -1.79. The lowest BCUT2D eigenvalue weighted by Crippen LogP contribution is -2.54. The topological polar surface area (TPSA) is 108 Å². The molecule has 0 unspecified atom stereocenters. The molecule has 1 aliphatic heterocycles. The van der Waals surface area contributed by atoms with Gasteiger partial charge in [0.15, 0.2) is 17.4 Å². The summed E-state index contributed by atoms with van der Waals surface area (Å²) in [4.78, 5) is 24.1. The highest BCUT2D eigenvalue weighted by Crippen LogP contribution is 2.36. The predicted octanol–water partition coefficient (Wildman–Crippen LogP) is 2.57. The molecule has 5 rings (SSSR count). The number of aryl methyl sites for hydroxylation is 1. The average Bonchev–Trinajstić information content (AvgIpc) is 3.19. The Kier molecular flexibility index (Phi) is 5.32. The van der Waals surface area contributed by atoms with Gasteiger partial charge in [-0.15, -0.1) is 0 Å². The van der Waals surface area contributed by atoms with Crippen molar-refractivity contribution in [3.63, 3.8) is 0 Å². The zero-order valence-corrected chi connectivity index (χ0v) is 19.4. The largest absolute Gasteiger partial charge is 0.504 e. The fraction of sp³-hybridized carbons (Fsp3) is 0.333. The number of fused-ring (bicyclic) bond motifs is 2. The van der Waals surface area contributed by atoms with E-state index in [1.165, 1.54) is 11.7 Å². The predicted molar refractivity (Wildman–Crippen MR) is 129 cm³/mol. The number of aromatic nitrogens is 4. The first-order valence-corrected chi connectivity index (χ1v) is 11.1. The molecule has 2 aromatic carbocycles. The average molecular weight is 464 g/mol. The van der Waals surface area contributed by atoms with Crippen LogP contribution >= 0.6 is 0 Å². The molecule has 4 aromatic rings. The molecule has 0 radical (unpaired) electrons. The number of anilines is 1. The van der Waals surface area contributed by atoms with Gasteiger partial charge in [-0.05, 0) is 38.1 Å². The number of aromatic hydroxyl groups is 1. The normalized spacial score (nSPS) is 18.6. The Morgan fingerprint density at radius 2 is 1.94 bits per heavy atom. The van der Waals surface area contributed by atoms with E-state index in [0.717, 1.165) is 18.8 Å². The van der Waals surface area contributed by atoms with Crippen molar-refractivity contribution in [3.05, 3.63) is 42.0 Å². The zero-order valence-electron chi connectivity index (χ0n) is 19.4. The highest BCUT2D eigenvalue weighted by Gasteiger charge is 2.24. The van der Waals surface area contributed by atoms with Gasteiger partial charge in [0.1, 0.15) is 11.2 Å². The van der Waals surface area contributed by atoms with E-state index >= 15 is 0 Å². The number of nitrogens with zero attached hydrogens (tertiary/aromatic N) is 5. The van der Waals surface area contributed by atoms with E-state index < -0.39 is 17.5 Å². The number of benzene rings is 2. The second kappa shape index (κ2) is 8.21. The van der Waals surface area contributed by atoms with Gasteiger partial charge in [-0.1, -0.05) is 0 Å². The van der Waals surface area contributed by atoms with Crippen LogP contribution in [0.2, 0.25) is 0 Å². The van der Waals surface area contributed by atoms with Crippen molar-refractivity contribution in [1.82, 2.24) is 30.4 Å². The van der Waals surface area contributed by atoms with E-state index in [1.54, 1.807) is 19.3 Å². The van der Waals surface area contributed by atoms with Crippen molar-refractivity contribution in [3.8, 4) is 17.1 Å². The SMILES string of the molecule is CNC(=O)c1nc(-c2cc3cn(C)nc3c(F)c2O)nc2ccc(N3C[C@@H](C)N[C@@H](C)C3)cc12. The van der Waals surface area contributed by atoms with Crippen LogP contribution in [0.15, 0.2) is 30.5 Å². The maximum atomic E-state index is 14.8. The standard InChI is InChI=1S/C24H26FN7O2/c1-12-9-32(10-13(2)27-12)15-5-6-18-16(8-15)21(24(34)26-3)29-23(28-18)17-7-14-11-31(4)30-20(14)19(25)22(17)33/h5-8,11-13,27,33H,9-10H2,1-4H3,(H,26,34)/t12-,13+. The van der Waals surface area contributed by atoms with E-state index in [-0.39, 0.29) is 22.6 Å². The van der Waals surface area contributed by atoms with Crippen molar-refractivity contribution >= 4 is 33.4 Å². The number of nitrogens with one attached hydrogen (secondary N) is 2. The summed E-state index contributed by atoms with van der Waals surface area (Å²) in [5, 5.41) is 21.8. The number of carbonyl (C=O) groups excluding carboxylic acids is 1. The molecule has 0 saturated carbocycles. The van der Waals surface area contributed by atoms with Gasteiger partial charge in [0.2, 0.25) is 0 Å². The molecule has 10 heteroatoms. The fourth-order valence-corrected chi connectivity index (χ4v) is 4.67. The summed E-state index contributed by atoms with van der Waals surface area (Å²) in [6.07, 6.45) is 1.64. The molecule has 3 heterocycles. The Hall–Kier alpha value is -3.79. The Morgan fingerprint density at radius 1 is 1.21 bits per heavy atom. The lowest BCUT2D eigenvalue weighted by atomic mass is 10.1. The van der Waals surface area contributed by atoms with Crippen LogP contribution in [-0.4, -0.2) is 63.0 Å². The third kappa shape index (κ3) is 3.69. The summed E-state index contributed by atoms with van der Waals surface area (Å²) in [6, 6.07) is 7.94. The Balaban J connectivity index is 1.68. The van der Waals surface area contributed by atoms with Crippen molar-refractivity contribution in [2.45, 2.75) is 25.9 Å². The van der Waals surface area contributed by atoms with Crippen LogP contribution in [0.3, 0.4) is 0 Å². The summed E-state index contributed by atoms with van der Waals surface area (Å²) in [7, 11) is 3.20. The van der Waals surface area contributed by atoms with Gasteiger partial charge in [-0.2, -0.15) is 5.10 Å². The third-order valence-corrected chi connectivity index (χ3v) is 6.11. The molecule has 1 aliphatic rings. The number of halogens is 1. The van der Waals surface area contributed by atoms with Crippen LogP contribution in [0.1, 0.15) is 24.3 Å². The molecule has 2 aromatic heterocycles. The van der Waals surface area contributed by atoms with Gasteiger partial charge in [0.25, 0.3) is 5.91 Å². The van der Waals surface area contributed by atoms with Crippen LogP contribution in [0, 0.1) is 5.82 Å². The minimum absolute atomic E-state index is 0.0557. The fourth-order valence-electron chi connectivity index (χ4n) is 4.67. The first-order valence-electron chi connectivity index (χ1n) is 11.1. The smallest absolute Gasteiger partial charge is 0.270 e. The lowest BCUT2D eigenvalue weighted by Gasteiger charge is -2.37. The molecule has 9 nitrogen and oxygen atoms in total. The van der Waals surface area contributed by atoms with Crippen LogP contribution in [-0.2, 0) is 7.05 Å². The number of hydrogen-bond donors (Lipinski definition) is 3. The summed E-state index contributed by atoms with van der Waals surface area (Å²) < 4.78 is 16.3. The molecule has 0 bridgehead atoms. The molecule has 176 valence electrons. The second-order valence-corrected chi connectivity index (χ2v) is 8.88. The first kappa shape index (κ1) is 22.0. The van der Waals surface area contributed by atoms with Crippen molar-refractivity contribution in [2.24, 2.45) is 7.05 Å². The summed E-state index contributed by atoms with van der Waals surface area (Å²) >= 11 is 0. The van der Waals surface area contributed by atoms with Gasteiger partial charge in [-0.25, -0.2) is 14.4 Å². The number of amides is 1. The summed E-state index contributed by atoms with van der Waals surface area (Å²) in [6.45, 7) is 5.95. The van der Waals surface area contributed by atoms with E-state index in [2.05, 4.69) is 44.4 Å². The minimum atomic E-state index is -0.851. The number of hydrogen-bond acceptors (Lipinski definition) is 7. The zero-order chi connectivity index (χ0) is 24.1. The molecular formula is C24H26FN7O2. The molecule has 2 atom stereocenters.